The van der Waals surface area contributed by atoms with E-state index in [1.807, 2.05) is 18.2 Å². The van der Waals surface area contributed by atoms with Crippen molar-refractivity contribution in [1.29, 1.82) is 0 Å². The van der Waals surface area contributed by atoms with Crippen LogP contribution in [0.5, 0.6) is 5.75 Å². The second-order valence-electron chi connectivity index (χ2n) is 7.75. The van der Waals surface area contributed by atoms with Crippen molar-refractivity contribution in [1.82, 2.24) is 10.6 Å². The molecule has 1 spiro atoms. The number of hydrogen-bond donors (Lipinski definition) is 2. The Kier molecular flexibility index (Phi) is 3.27. The van der Waals surface area contributed by atoms with E-state index in [4.69, 9.17) is 9.47 Å². The fourth-order valence-electron chi connectivity index (χ4n) is 5.24. The minimum absolute atomic E-state index is 0.0351. The average molecular weight is 328 g/mol. The number of fused-ring (bicyclic) bond motifs is 3. The van der Waals surface area contributed by atoms with Crippen LogP contribution in [-0.2, 0) is 11.2 Å². The van der Waals surface area contributed by atoms with Crippen LogP contribution in [0, 0.1) is 11.3 Å². The van der Waals surface area contributed by atoms with Gasteiger partial charge in [-0.2, -0.15) is 0 Å². The summed E-state index contributed by atoms with van der Waals surface area (Å²) in [5, 5.41) is 6.38. The Bertz CT molecular complexity index is 658. The number of rotatable bonds is 2. The molecule has 1 saturated heterocycles. The lowest BCUT2D eigenvalue weighted by Gasteiger charge is -2.63. The molecule has 4 aliphatic rings. The summed E-state index contributed by atoms with van der Waals surface area (Å²) >= 11 is 0. The Morgan fingerprint density at radius 3 is 2.92 bits per heavy atom. The van der Waals surface area contributed by atoms with Crippen LogP contribution < -0.4 is 15.4 Å². The van der Waals surface area contributed by atoms with Crippen LogP contribution in [0.2, 0.25) is 0 Å². The molecule has 2 saturated carbocycles. The van der Waals surface area contributed by atoms with E-state index in [1.165, 1.54) is 19.3 Å². The number of nitrogens with one attached hydrogen (secondary N) is 2. The highest BCUT2D eigenvalue weighted by molar-refractivity contribution is 5.75. The summed E-state index contributed by atoms with van der Waals surface area (Å²) in [7, 11) is 0. The van der Waals surface area contributed by atoms with E-state index in [2.05, 4.69) is 16.7 Å². The lowest BCUT2D eigenvalue weighted by Crippen LogP contribution is -2.72. The molecule has 1 aromatic carbocycles. The molecule has 24 heavy (non-hydrogen) atoms. The monoisotopic (exact) mass is 328 g/mol. The molecule has 5 nitrogen and oxygen atoms in total. The summed E-state index contributed by atoms with van der Waals surface area (Å²) < 4.78 is 11.7. The molecule has 0 aromatic heterocycles. The molecular weight excluding hydrogens is 304 g/mol. The van der Waals surface area contributed by atoms with Crippen molar-refractivity contribution in [3.05, 3.63) is 29.8 Å². The lowest BCUT2D eigenvalue weighted by molar-refractivity contribution is -0.172. The first-order chi connectivity index (χ1) is 11.8. The smallest absolute Gasteiger partial charge is 0.315 e. The Hall–Kier alpha value is -1.75. The molecule has 5 heteroatoms. The fraction of sp³-hybridized carbons (Fsp3) is 0.632. The highest BCUT2D eigenvalue weighted by Crippen LogP contribution is 2.62. The Balaban J connectivity index is 1.21. The first kappa shape index (κ1) is 14.6. The van der Waals surface area contributed by atoms with Crippen LogP contribution >= 0.6 is 0 Å². The van der Waals surface area contributed by atoms with Gasteiger partial charge in [0.1, 0.15) is 12.4 Å². The van der Waals surface area contributed by atoms with Crippen molar-refractivity contribution in [2.75, 3.05) is 13.2 Å². The van der Waals surface area contributed by atoms with Crippen molar-refractivity contribution in [2.24, 2.45) is 11.3 Å². The maximum Gasteiger partial charge on any atom is 0.315 e. The molecule has 2 aliphatic heterocycles. The van der Waals surface area contributed by atoms with E-state index in [0.29, 0.717) is 18.6 Å². The number of carbonyl (C=O) groups is 1. The minimum Gasteiger partial charge on any atom is -0.491 e. The minimum atomic E-state index is -0.0513. The van der Waals surface area contributed by atoms with Gasteiger partial charge in [0.05, 0.1) is 12.1 Å². The van der Waals surface area contributed by atoms with Crippen molar-refractivity contribution in [3.63, 3.8) is 0 Å². The van der Waals surface area contributed by atoms with Gasteiger partial charge in [-0.15, -0.1) is 0 Å². The highest BCUT2D eigenvalue weighted by atomic mass is 16.5. The zero-order valence-corrected chi connectivity index (χ0v) is 13.8. The summed E-state index contributed by atoms with van der Waals surface area (Å²) in [6.45, 7) is 1.39. The SMILES string of the molecule is O=C(N[C@@H]1COc2ccccc2C1)N[C@@H]1[C@H]2CCO[C@@H]2C12CCC2. The van der Waals surface area contributed by atoms with Crippen molar-refractivity contribution >= 4 is 6.03 Å². The molecule has 0 bridgehead atoms. The number of carbonyl (C=O) groups excluding carboxylic acids is 1. The van der Waals surface area contributed by atoms with Crippen LogP contribution in [0.4, 0.5) is 4.79 Å². The maximum absolute atomic E-state index is 12.5. The van der Waals surface area contributed by atoms with E-state index in [1.54, 1.807) is 0 Å². The maximum atomic E-state index is 12.5. The molecule has 2 amide bonds. The van der Waals surface area contributed by atoms with Gasteiger partial charge in [0.25, 0.3) is 0 Å². The molecular formula is C19H24N2O3. The van der Waals surface area contributed by atoms with Crippen molar-refractivity contribution in [3.8, 4) is 5.75 Å². The quantitative estimate of drug-likeness (QED) is 0.875. The number of urea groups is 1. The van der Waals surface area contributed by atoms with E-state index in [0.717, 1.165) is 30.8 Å². The summed E-state index contributed by atoms with van der Waals surface area (Å²) in [4.78, 5) is 12.5. The molecule has 0 unspecified atom stereocenters. The number of benzene rings is 1. The zero-order chi connectivity index (χ0) is 16.1. The zero-order valence-electron chi connectivity index (χ0n) is 13.8. The molecule has 128 valence electrons. The summed E-state index contributed by atoms with van der Waals surface area (Å²) in [6, 6.07) is 8.32. The lowest BCUT2D eigenvalue weighted by atomic mass is 9.46. The van der Waals surface area contributed by atoms with Gasteiger partial charge in [0.2, 0.25) is 0 Å². The number of hydrogen-bond acceptors (Lipinski definition) is 3. The molecule has 1 aromatic rings. The summed E-state index contributed by atoms with van der Waals surface area (Å²) in [5.74, 6) is 1.45. The van der Waals surface area contributed by atoms with Crippen LogP contribution in [-0.4, -0.2) is 37.4 Å². The van der Waals surface area contributed by atoms with Crippen LogP contribution in [0.15, 0.2) is 24.3 Å². The van der Waals surface area contributed by atoms with Gasteiger partial charge in [-0.1, -0.05) is 24.6 Å². The largest absolute Gasteiger partial charge is 0.491 e. The van der Waals surface area contributed by atoms with Gasteiger partial charge in [0.15, 0.2) is 0 Å². The summed E-state index contributed by atoms with van der Waals surface area (Å²) in [5.41, 5.74) is 1.39. The first-order valence-corrected chi connectivity index (χ1v) is 9.16. The molecule has 2 heterocycles. The van der Waals surface area contributed by atoms with Gasteiger partial charge < -0.3 is 20.1 Å². The predicted molar refractivity (Wildman–Crippen MR) is 89.0 cm³/mol. The Morgan fingerprint density at radius 1 is 1.21 bits per heavy atom. The normalized spacial score (nSPS) is 35.0. The second kappa shape index (κ2) is 5.38. The fourth-order valence-corrected chi connectivity index (χ4v) is 5.24. The van der Waals surface area contributed by atoms with Crippen LogP contribution in [0.25, 0.3) is 0 Å². The van der Waals surface area contributed by atoms with Gasteiger partial charge in [-0.25, -0.2) is 4.79 Å². The van der Waals surface area contributed by atoms with E-state index >= 15 is 0 Å². The van der Waals surface area contributed by atoms with E-state index < -0.39 is 0 Å². The number of para-hydroxylation sites is 1. The molecule has 3 fully saturated rings. The van der Waals surface area contributed by atoms with Crippen LogP contribution in [0.3, 0.4) is 0 Å². The predicted octanol–water partition coefficient (Wildman–Crippen LogP) is 2.25. The molecule has 2 aliphatic carbocycles. The first-order valence-electron chi connectivity index (χ1n) is 9.16. The standard InChI is InChI=1S/C19H24N2O3/c22-18(20-13-10-12-4-1-2-5-15(12)24-11-13)21-16-14-6-9-23-17(14)19(16)7-3-8-19/h1-2,4-5,13-14,16-17H,3,6-11H2,(H2,20,21,22)/t13-,14+,16+,17-/m0/s1. The molecule has 4 atom stereocenters. The third-order valence-corrected chi connectivity index (χ3v) is 6.54. The molecule has 2 N–H and O–H groups in total. The van der Waals surface area contributed by atoms with Gasteiger partial charge in [-0.3, -0.25) is 0 Å². The average Bonchev–Trinajstić information content (AvgIpc) is 2.96. The number of ether oxygens (including phenoxy) is 2. The molecule has 0 radical (unpaired) electrons. The Labute approximate surface area is 142 Å². The Morgan fingerprint density at radius 2 is 2.08 bits per heavy atom. The van der Waals surface area contributed by atoms with E-state index in [-0.39, 0.29) is 23.5 Å². The third-order valence-electron chi connectivity index (χ3n) is 6.54. The van der Waals surface area contributed by atoms with Crippen molar-refractivity contribution < 1.29 is 14.3 Å². The third kappa shape index (κ3) is 2.07. The highest BCUT2D eigenvalue weighted by Gasteiger charge is 2.67. The second-order valence-corrected chi connectivity index (χ2v) is 7.75. The number of amides is 2. The van der Waals surface area contributed by atoms with E-state index in [9.17, 15) is 4.79 Å². The van der Waals surface area contributed by atoms with Gasteiger partial charge in [-0.05, 0) is 37.3 Å². The van der Waals surface area contributed by atoms with Gasteiger partial charge in [0, 0.05) is 24.0 Å². The van der Waals surface area contributed by atoms with Gasteiger partial charge >= 0.3 is 6.03 Å². The van der Waals surface area contributed by atoms with Crippen molar-refractivity contribution in [2.45, 2.75) is 50.3 Å². The van der Waals surface area contributed by atoms with Crippen LogP contribution in [0.1, 0.15) is 31.2 Å². The summed E-state index contributed by atoms with van der Waals surface area (Å²) in [6.07, 6.45) is 5.95. The molecule has 5 rings (SSSR count). The topological polar surface area (TPSA) is 59.6 Å².